The quantitative estimate of drug-likeness (QED) is 0.317. The second-order valence-electron chi connectivity index (χ2n) is 12.7. The highest BCUT2D eigenvalue weighted by atomic mass is 32.1. The van der Waals surface area contributed by atoms with Crippen molar-refractivity contribution in [1.29, 1.82) is 0 Å². The van der Waals surface area contributed by atoms with Crippen LogP contribution in [0.15, 0.2) is 36.2 Å². The number of piperidine rings is 1. The number of aryl methyl sites for hydroxylation is 1. The maximum atomic E-state index is 14.0. The fourth-order valence-corrected chi connectivity index (χ4v) is 7.33. The van der Waals surface area contributed by atoms with Crippen LogP contribution >= 0.6 is 11.3 Å². The van der Waals surface area contributed by atoms with Gasteiger partial charge in [-0.25, -0.2) is 15.0 Å². The zero-order valence-corrected chi connectivity index (χ0v) is 29.8. The van der Waals surface area contributed by atoms with Gasteiger partial charge in [0.1, 0.15) is 18.1 Å². The third-order valence-corrected chi connectivity index (χ3v) is 10.0. The Kier molecular flexibility index (Phi) is 11.0. The van der Waals surface area contributed by atoms with Crippen molar-refractivity contribution < 1.29 is 28.6 Å². The van der Waals surface area contributed by atoms with Gasteiger partial charge in [-0.15, -0.1) is 11.3 Å². The van der Waals surface area contributed by atoms with Gasteiger partial charge in [-0.2, -0.15) is 0 Å². The number of anilines is 1. The number of thiazole rings is 1. The summed E-state index contributed by atoms with van der Waals surface area (Å²) in [6.45, 7) is 4.94. The predicted octanol–water partition coefficient (Wildman–Crippen LogP) is 3.52. The summed E-state index contributed by atoms with van der Waals surface area (Å²) in [5.74, 6) is 1.87. The van der Waals surface area contributed by atoms with E-state index in [1.807, 2.05) is 24.0 Å². The summed E-state index contributed by atoms with van der Waals surface area (Å²) >= 11 is 1.40. The molecule has 4 aromatic rings. The van der Waals surface area contributed by atoms with E-state index in [9.17, 15) is 14.4 Å². The standard InChI is InChI=1S/C35H44N8O6S/c1-23-38-28(21-50-23)35(46)43-11-6-5-10-41(31(45)20-40-13-9-36-22-40)18-25-14-26-27(15-29(47-2)33(49-4)32(26)48-3)39-34(25)42-12-7-8-24(17-42)16-37-30(44)19-43/h9,13-15,21-22,24H,5-8,10-12,16-20H2,1-4H3,(H,37,44). The van der Waals surface area contributed by atoms with Crippen molar-refractivity contribution in [3.63, 3.8) is 0 Å². The number of benzene rings is 1. The molecule has 6 rings (SSSR count). The molecule has 1 N–H and O–H groups in total. The Morgan fingerprint density at radius 3 is 2.48 bits per heavy atom. The Morgan fingerprint density at radius 2 is 1.78 bits per heavy atom. The van der Waals surface area contributed by atoms with E-state index in [2.05, 4.69) is 20.2 Å². The molecule has 15 heteroatoms. The maximum absolute atomic E-state index is 14.0. The zero-order chi connectivity index (χ0) is 35.2. The topological polar surface area (TPSA) is 144 Å². The van der Waals surface area contributed by atoms with Crippen LogP contribution in [0.4, 0.5) is 5.82 Å². The average molecular weight is 705 g/mol. The van der Waals surface area contributed by atoms with Crippen LogP contribution in [0.2, 0.25) is 0 Å². The van der Waals surface area contributed by atoms with Crippen molar-refractivity contribution in [3.8, 4) is 17.2 Å². The first-order valence-corrected chi connectivity index (χ1v) is 17.7. The average Bonchev–Trinajstić information content (AvgIpc) is 3.81. The molecule has 2 aliphatic heterocycles. The van der Waals surface area contributed by atoms with Crippen molar-refractivity contribution in [1.82, 2.24) is 34.6 Å². The van der Waals surface area contributed by atoms with Gasteiger partial charge in [-0.05, 0) is 44.6 Å². The number of amides is 3. The minimum atomic E-state index is -0.268. The van der Waals surface area contributed by atoms with E-state index in [0.717, 1.165) is 41.2 Å². The zero-order valence-electron chi connectivity index (χ0n) is 29.0. The number of hydrogen-bond donors (Lipinski definition) is 1. The molecule has 5 heterocycles. The first-order chi connectivity index (χ1) is 24.3. The Hall–Kier alpha value is -4.92. The van der Waals surface area contributed by atoms with Crippen LogP contribution in [0.3, 0.4) is 0 Å². The summed E-state index contributed by atoms with van der Waals surface area (Å²) in [7, 11) is 4.73. The Bertz CT molecular complexity index is 1830. The highest BCUT2D eigenvalue weighted by Crippen LogP contribution is 2.44. The van der Waals surface area contributed by atoms with Gasteiger partial charge >= 0.3 is 0 Å². The number of nitrogens with zero attached hydrogens (tertiary/aromatic N) is 7. The van der Waals surface area contributed by atoms with Crippen LogP contribution in [0.25, 0.3) is 10.9 Å². The van der Waals surface area contributed by atoms with Crippen LogP contribution < -0.4 is 24.4 Å². The molecule has 1 unspecified atom stereocenters. The fraction of sp³-hybridized carbons (Fsp3) is 0.486. The molecule has 0 aliphatic carbocycles. The van der Waals surface area contributed by atoms with E-state index >= 15 is 0 Å². The molecule has 0 spiro atoms. The largest absolute Gasteiger partial charge is 0.493 e. The van der Waals surface area contributed by atoms with Gasteiger partial charge in [-0.3, -0.25) is 14.4 Å². The molecular formula is C35H44N8O6S. The number of carbonyl (C=O) groups is 3. The van der Waals surface area contributed by atoms with Crippen LogP contribution in [0.5, 0.6) is 17.2 Å². The molecular weight excluding hydrogens is 661 g/mol. The van der Waals surface area contributed by atoms with Crippen molar-refractivity contribution in [2.24, 2.45) is 5.92 Å². The number of ether oxygens (including phenoxy) is 3. The fourth-order valence-electron chi connectivity index (χ4n) is 6.74. The lowest BCUT2D eigenvalue weighted by Crippen LogP contribution is -2.46. The second-order valence-corrected chi connectivity index (χ2v) is 13.7. The second kappa shape index (κ2) is 15.7. The van der Waals surface area contributed by atoms with Crippen molar-refractivity contribution in [3.05, 3.63) is 52.5 Å². The van der Waals surface area contributed by atoms with Crippen molar-refractivity contribution in [2.75, 3.05) is 65.5 Å². The number of methoxy groups -OCH3 is 3. The van der Waals surface area contributed by atoms with Gasteiger partial charge < -0.3 is 38.8 Å². The molecule has 50 heavy (non-hydrogen) atoms. The number of pyridine rings is 1. The summed E-state index contributed by atoms with van der Waals surface area (Å²) < 4.78 is 18.9. The normalized spacial score (nSPS) is 17.6. The van der Waals surface area contributed by atoms with Crippen molar-refractivity contribution in [2.45, 2.75) is 45.7 Å². The lowest BCUT2D eigenvalue weighted by atomic mass is 9.97. The van der Waals surface area contributed by atoms with Gasteiger partial charge in [0.2, 0.25) is 17.6 Å². The molecule has 0 saturated carbocycles. The highest BCUT2D eigenvalue weighted by Gasteiger charge is 2.28. The molecule has 3 amide bonds. The van der Waals surface area contributed by atoms with Gasteiger partial charge in [0.25, 0.3) is 5.91 Å². The number of aromatic nitrogens is 4. The predicted molar refractivity (Wildman–Crippen MR) is 189 cm³/mol. The summed E-state index contributed by atoms with van der Waals surface area (Å²) in [6, 6.07) is 3.89. The van der Waals surface area contributed by atoms with Gasteiger partial charge in [0.05, 0.1) is 44.7 Å². The number of nitrogens with one attached hydrogen (secondary N) is 1. The number of rotatable bonds is 6. The molecule has 1 saturated heterocycles. The SMILES string of the molecule is COc1cc2nc3c(cc2c(OC)c1OC)CN(C(=O)Cn1ccnc1)CCCCN(C(=O)c1csc(C)n1)CC(=O)NCC1CCCN3C1. The molecule has 1 atom stereocenters. The van der Waals surface area contributed by atoms with E-state index in [1.54, 1.807) is 54.9 Å². The Balaban J connectivity index is 1.39. The molecule has 266 valence electrons. The summed E-state index contributed by atoms with van der Waals surface area (Å²) in [5.41, 5.74) is 1.89. The highest BCUT2D eigenvalue weighted by molar-refractivity contribution is 7.09. The van der Waals surface area contributed by atoms with Gasteiger partial charge in [0, 0.05) is 74.1 Å². The van der Waals surface area contributed by atoms with E-state index < -0.39 is 0 Å². The summed E-state index contributed by atoms with van der Waals surface area (Å²) in [4.78, 5) is 60.1. The lowest BCUT2D eigenvalue weighted by Gasteiger charge is -2.36. The number of imidazole rings is 1. The number of hydrogen-bond acceptors (Lipinski definition) is 11. The third kappa shape index (κ3) is 7.77. The first-order valence-electron chi connectivity index (χ1n) is 16.9. The molecule has 2 bridgehead atoms. The van der Waals surface area contributed by atoms with Crippen LogP contribution in [-0.2, 0) is 22.7 Å². The minimum Gasteiger partial charge on any atom is -0.493 e. The molecule has 1 aromatic carbocycles. The number of fused-ring (bicyclic) bond motifs is 5. The molecule has 14 nitrogen and oxygen atoms in total. The molecule has 2 aliphatic rings. The lowest BCUT2D eigenvalue weighted by molar-refractivity contribution is -0.132. The Labute approximate surface area is 295 Å². The molecule has 0 radical (unpaired) electrons. The minimum absolute atomic E-state index is 0.0569. The Morgan fingerprint density at radius 1 is 0.980 bits per heavy atom. The van der Waals surface area contributed by atoms with E-state index in [1.165, 1.54) is 11.3 Å². The van der Waals surface area contributed by atoms with E-state index in [0.29, 0.717) is 74.0 Å². The van der Waals surface area contributed by atoms with Gasteiger partial charge in [0.15, 0.2) is 11.5 Å². The van der Waals surface area contributed by atoms with Crippen LogP contribution in [0, 0.1) is 12.8 Å². The molecule has 1 fully saturated rings. The van der Waals surface area contributed by atoms with Crippen LogP contribution in [0.1, 0.15) is 46.7 Å². The number of carbonyl (C=O) groups excluding carboxylic acids is 3. The van der Waals surface area contributed by atoms with Gasteiger partial charge in [-0.1, -0.05) is 0 Å². The maximum Gasteiger partial charge on any atom is 0.273 e. The monoisotopic (exact) mass is 704 g/mol. The van der Waals surface area contributed by atoms with Crippen molar-refractivity contribution >= 4 is 45.8 Å². The van der Waals surface area contributed by atoms with E-state index in [-0.39, 0.29) is 36.7 Å². The van der Waals surface area contributed by atoms with Crippen LogP contribution in [-0.4, -0.2) is 108 Å². The first kappa shape index (κ1) is 34.9. The third-order valence-electron chi connectivity index (χ3n) is 9.24. The van der Waals surface area contributed by atoms with E-state index in [4.69, 9.17) is 19.2 Å². The summed E-state index contributed by atoms with van der Waals surface area (Å²) in [5, 5.41) is 6.36. The smallest absolute Gasteiger partial charge is 0.273 e. The summed E-state index contributed by atoms with van der Waals surface area (Å²) in [6.07, 6.45) is 8.09. The molecule has 3 aromatic heterocycles.